The number of aldehydes is 1. The number of fused-ring (bicyclic) bond motifs is 2. The maximum absolute atomic E-state index is 12.6. The fraction of sp³-hybridized carbons (Fsp3) is 0. The lowest BCUT2D eigenvalue weighted by Gasteiger charge is -2.02. The van der Waals surface area contributed by atoms with Crippen LogP contribution in [0.1, 0.15) is 26.5 Å². The van der Waals surface area contributed by atoms with E-state index in [1.165, 1.54) is 11.3 Å². The highest BCUT2D eigenvalue weighted by atomic mass is 32.1. The van der Waals surface area contributed by atoms with Crippen LogP contribution in [-0.4, -0.2) is 12.2 Å². The van der Waals surface area contributed by atoms with Crippen LogP contribution in [0.5, 0.6) is 0 Å². The highest BCUT2D eigenvalue weighted by Crippen LogP contribution is 2.38. The van der Waals surface area contributed by atoms with Crippen LogP contribution in [0.15, 0.2) is 68.8 Å². The summed E-state index contributed by atoms with van der Waals surface area (Å²) < 4.78 is 11.4. The Morgan fingerprint density at radius 3 is 2.70 bits per heavy atom. The van der Waals surface area contributed by atoms with E-state index >= 15 is 0 Å². The number of hydrogen-bond acceptors (Lipinski definition) is 6. The van der Waals surface area contributed by atoms with Gasteiger partial charge in [-0.1, -0.05) is 30.3 Å². The molecule has 144 valence electrons. The molecular weight excluding hydrogens is 400 g/mol. The summed E-state index contributed by atoms with van der Waals surface area (Å²) in [5.74, 6) is 0.169. The molecule has 5 aromatic rings. The van der Waals surface area contributed by atoms with Crippen molar-refractivity contribution < 1.29 is 18.4 Å². The summed E-state index contributed by atoms with van der Waals surface area (Å²) in [7, 11) is 0. The molecule has 0 fully saturated rings. The summed E-state index contributed by atoms with van der Waals surface area (Å²) in [6.45, 7) is 0. The van der Waals surface area contributed by atoms with Gasteiger partial charge in [-0.05, 0) is 24.3 Å². The van der Waals surface area contributed by atoms with E-state index in [9.17, 15) is 14.9 Å². The maximum atomic E-state index is 12.6. The Morgan fingerprint density at radius 2 is 1.90 bits per heavy atom. The number of nitrogens with zero attached hydrogens (tertiary/aromatic N) is 1. The summed E-state index contributed by atoms with van der Waals surface area (Å²) in [5, 5.41) is 15.3. The lowest BCUT2D eigenvalue weighted by atomic mass is 10.1. The molecule has 6 nitrogen and oxygen atoms in total. The van der Waals surface area contributed by atoms with Crippen LogP contribution >= 0.6 is 11.3 Å². The van der Waals surface area contributed by atoms with Gasteiger partial charge in [0.25, 0.3) is 5.91 Å². The Labute approximate surface area is 173 Å². The Hall–Kier alpha value is -4.15. The van der Waals surface area contributed by atoms with Crippen LogP contribution in [0, 0.1) is 11.3 Å². The molecule has 5 rings (SSSR count). The lowest BCUT2D eigenvalue weighted by molar-refractivity contribution is 0.0998. The van der Waals surface area contributed by atoms with Crippen molar-refractivity contribution in [1.82, 2.24) is 0 Å². The van der Waals surface area contributed by atoms with Crippen LogP contribution in [0.4, 0.5) is 5.69 Å². The van der Waals surface area contributed by atoms with Gasteiger partial charge < -0.3 is 14.2 Å². The second kappa shape index (κ2) is 7.03. The number of para-hydroxylation sites is 2. The third-order valence-electron chi connectivity index (χ3n) is 4.73. The van der Waals surface area contributed by atoms with Crippen molar-refractivity contribution in [1.29, 1.82) is 5.26 Å². The van der Waals surface area contributed by atoms with Crippen molar-refractivity contribution in [2.45, 2.75) is 0 Å². The molecule has 0 aliphatic heterocycles. The highest BCUT2D eigenvalue weighted by molar-refractivity contribution is 7.14. The van der Waals surface area contributed by atoms with Crippen LogP contribution < -0.4 is 5.32 Å². The zero-order valence-corrected chi connectivity index (χ0v) is 16.2. The van der Waals surface area contributed by atoms with E-state index in [-0.39, 0.29) is 5.76 Å². The van der Waals surface area contributed by atoms with Crippen molar-refractivity contribution >= 4 is 51.2 Å². The molecule has 0 unspecified atom stereocenters. The molecule has 0 aliphatic carbocycles. The van der Waals surface area contributed by atoms with E-state index in [2.05, 4.69) is 11.4 Å². The normalized spacial score (nSPS) is 10.9. The molecule has 1 N–H and O–H groups in total. The van der Waals surface area contributed by atoms with E-state index in [1.54, 1.807) is 35.7 Å². The van der Waals surface area contributed by atoms with Crippen molar-refractivity contribution in [2.24, 2.45) is 0 Å². The van der Waals surface area contributed by atoms with Crippen molar-refractivity contribution in [3.8, 4) is 16.7 Å². The largest absolute Gasteiger partial charge is 0.454 e. The summed E-state index contributed by atoms with van der Waals surface area (Å²) in [6, 6.07) is 18.1. The van der Waals surface area contributed by atoms with Gasteiger partial charge in [0.05, 0.1) is 21.7 Å². The number of thiophene rings is 1. The molecule has 3 heterocycles. The minimum atomic E-state index is -0.449. The van der Waals surface area contributed by atoms with E-state index in [0.29, 0.717) is 44.9 Å². The van der Waals surface area contributed by atoms with E-state index in [1.807, 2.05) is 24.3 Å². The molecule has 0 atom stereocenters. The minimum Gasteiger partial charge on any atom is -0.454 e. The SMILES string of the molecule is N#Cc1cccc2cc(-c3scc(NC(=O)c4cc5ccccc5o4)c3C=O)oc12. The van der Waals surface area contributed by atoms with Crippen molar-refractivity contribution in [3.63, 3.8) is 0 Å². The third-order valence-corrected chi connectivity index (χ3v) is 5.74. The number of furan rings is 2. The lowest BCUT2D eigenvalue weighted by Crippen LogP contribution is -2.11. The molecule has 0 saturated heterocycles. The first-order valence-electron chi connectivity index (χ1n) is 8.97. The number of carbonyl (C=O) groups is 2. The van der Waals surface area contributed by atoms with Gasteiger partial charge in [0, 0.05) is 16.2 Å². The standard InChI is InChI=1S/C23H12N2O4S/c24-10-15-6-3-5-14-9-19(29-21(14)15)22-16(11-26)17(12-30-22)25-23(27)20-8-13-4-1-2-7-18(13)28-20/h1-9,11-12H,(H,25,27). The van der Waals surface area contributed by atoms with Gasteiger partial charge in [0.15, 0.2) is 17.6 Å². The number of anilines is 1. The third kappa shape index (κ3) is 2.87. The highest BCUT2D eigenvalue weighted by Gasteiger charge is 2.20. The molecule has 0 bridgehead atoms. The smallest absolute Gasteiger partial charge is 0.291 e. The Kier molecular flexibility index (Phi) is 4.20. The molecule has 0 aliphatic rings. The summed E-state index contributed by atoms with van der Waals surface area (Å²) >= 11 is 1.27. The zero-order valence-electron chi connectivity index (χ0n) is 15.3. The van der Waals surface area contributed by atoms with Gasteiger partial charge >= 0.3 is 0 Å². The van der Waals surface area contributed by atoms with Crippen LogP contribution in [0.2, 0.25) is 0 Å². The van der Waals surface area contributed by atoms with Gasteiger partial charge in [-0.15, -0.1) is 11.3 Å². The molecular formula is C23H12N2O4S. The second-order valence-electron chi connectivity index (χ2n) is 6.56. The molecule has 0 saturated carbocycles. The second-order valence-corrected chi connectivity index (χ2v) is 7.44. The number of amides is 1. The predicted octanol–water partition coefficient (Wildman–Crippen LogP) is 5.84. The number of carbonyl (C=O) groups excluding carboxylic acids is 2. The van der Waals surface area contributed by atoms with Crippen molar-refractivity contribution in [3.05, 3.63) is 76.9 Å². The van der Waals surface area contributed by atoms with E-state index in [0.717, 1.165) is 10.8 Å². The predicted molar refractivity (Wildman–Crippen MR) is 114 cm³/mol. The van der Waals surface area contributed by atoms with Gasteiger partial charge in [0.2, 0.25) is 0 Å². The number of hydrogen-bond donors (Lipinski definition) is 1. The Morgan fingerprint density at radius 1 is 1.07 bits per heavy atom. The molecule has 0 spiro atoms. The Bertz CT molecular complexity index is 1450. The fourth-order valence-electron chi connectivity index (χ4n) is 3.31. The number of nitriles is 1. The fourth-order valence-corrected chi connectivity index (χ4v) is 4.24. The monoisotopic (exact) mass is 412 g/mol. The van der Waals surface area contributed by atoms with Gasteiger partial charge in [-0.2, -0.15) is 5.26 Å². The first-order chi connectivity index (χ1) is 14.7. The van der Waals surface area contributed by atoms with E-state index in [4.69, 9.17) is 8.83 Å². The minimum absolute atomic E-state index is 0.156. The van der Waals surface area contributed by atoms with Gasteiger partial charge in [-0.25, -0.2) is 0 Å². The molecule has 7 heteroatoms. The van der Waals surface area contributed by atoms with Crippen molar-refractivity contribution in [2.75, 3.05) is 5.32 Å². The number of benzene rings is 2. The first kappa shape index (κ1) is 17.9. The molecule has 3 aromatic heterocycles. The van der Waals surface area contributed by atoms with Gasteiger partial charge in [0.1, 0.15) is 17.4 Å². The van der Waals surface area contributed by atoms with Crippen LogP contribution in [-0.2, 0) is 0 Å². The van der Waals surface area contributed by atoms with Crippen LogP contribution in [0.25, 0.3) is 32.6 Å². The summed E-state index contributed by atoms with van der Waals surface area (Å²) in [5.41, 5.74) is 2.17. The van der Waals surface area contributed by atoms with Gasteiger partial charge in [-0.3, -0.25) is 9.59 Å². The first-order valence-corrected chi connectivity index (χ1v) is 9.85. The molecule has 30 heavy (non-hydrogen) atoms. The average molecular weight is 412 g/mol. The maximum Gasteiger partial charge on any atom is 0.291 e. The topological polar surface area (TPSA) is 96.2 Å². The summed E-state index contributed by atoms with van der Waals surface area (Å²) in [4.78, 5) is 25.0. The zero-order chi connectivity index (χ0) is 20.7. The van der Waals surface area contributed by atoms with Crippen LogP contribution in [0.3, 0.4) is 0 Å². The molecule has 2 aromatic carbocycles. The Balaban J connectivity index is 1.50. The average Bonchev–Trinajstić information content (AvgIpc) is 3.48. The quantitative estimate of drug-likeness (QED) is 0.374. The number of rotatable bonds is 4. The molecule has 1 amide bonds. The molecule has 0 radical (unpaired) electrons. The van der Waals surface area contributed by atoms with E-state index < -0.39 is 5.91 Å². The number of nitrogens with one attached hydrogen (secondary N) is 1. The summed E-state index contributed by atoms with van der Waals surface area (Å²) in [6.07, 6.45) is 0.679.